The van der Waals surface area contributed by atoms with Gasteiger partial charge >= 0.3 is 0 Å². The Morgan fingerprint density at radius 2 is 1.98 bits per heavy atom. The van der Waals surface area contributed by atoms with Gasteiger partial charge in [0.25, 0.3) is 6.47 Å². The molecule has 0 bridgehead atoms. The van der Waals surface area contributed by atoms with E-state index in [1.54, 1.807) is 10.9 Å². The Hall–Kier alpha value is -4.18. The Balaban J connectivity index is 1.45. The van der Waals surface area contributed by atoms with Crippen molar-refractivity contribution in [1.29, 1.82) is 0 Å². The molecule has 3 N–H and O–H groups in total. The zero-order valence-electron chi connectivity index (χ0n) is 24.7. The van der Waals surface area contributed by atoms with Crippen LogP contribution in [-0.2, 0) is 27.7 Å². The minimum atomic E-state index is -1.27. The largest absolute Gasteiger partial charge is 0.458 e. The van der Waals surface area contributed by atoms with E-state index in [-0.39, 0.29) is 23.8 Å². The summed E-state index contributed by atoms with van der Waals surface area (Å²) < 4.78 is 15.0. The third-order valence-electron chi connectivity index (χ3n) is 6.87. The standard InChI is InChI=1S/C26H38N12O4/c1-15(2)38-34-22(33-35-38)20-19(41-14-39)18(40)24(42-20)37-13-30-17-21(27-10-8-26(3,4)5)31-25(32-23(17)37)28-9-7-16-11-36(6)12-29-16/h11-15,18-20,24,40H,7-10H2,1-6H3,(H2,27,28,31,32)/t18-,19+,20+,24-/m1/s1. The number of anilines is 2. The van der Waals surface area contributed by atoms with Crippen molar-refractivity contribution in [2.75, 3.05) is 23.7 Å². The zero-order valence-corrected chi connectivity index (χ0v) is 24.7. The number of tetrazole rings is 1. The van der Waals surface area contributed by atoms with Crippen LogP contribution in [0.3, 0.4) is 0 Å². The number of nitrogens with one attached hydrogen (secondary N) is 2. The molecule has 5 rings (SSSR count). The van der Waals surface area contributed by atoms with E-state index in [0.717, 1.165) is 12.1 Å². The number of aliphatic hydroxyl groups excluding tert-OH is 1. The molecule has 0 aliphatic carbocycles. The molecule has 226 valence electrons. The Labute approximate surface area is 242 Å². The van der Waals surface area contributed by atoms with Crippen LogP contribution in [0.15, 0.2) is 18.9 Å². The molecule has 0 amide bonds. The number of ether oxygens (including phenoxy) is 2. The number of aryl methyl sites for hydroxylation is 1. The van der Waals surface area contributed by atoms with E-state index in [4.69, 9.17) is 19.4 Å². The van der Waals surface area contributed by atoms with E-state index >= 15 is 0 Å². The fourth-order valence-corrected chi connectivity index (χ4v) is 4.63. The summed E-state index contributed by atoms with van der Waals surface area (Å²) in [6.45, 7) is 11.8. The van der Waals surface area contributed by atoms with E-state index in [1.165, 1.54) is 11.1 Å². The van der Waals surface area contributed by atoms with Crippen LogP contribution in [0.2, 0.25) is 0 Å². The number of fused-ring (bicyclic) bond motifs is 1. The lowest BCUT2D eigenvalue weighted by molar-refractivity contribution is -0.140. The first kappa shape index (κ1) is 29.3. The number of aliphatic hydroxyl groups is 1. The second-order valence-electron chi connectivity index (χ2n) is 11.9. The molecule has 1 fully saturated rings. The lowest BCUT2D eigenvalue weighted by Crippen LogP contribution is -2.31. The van der Waals surface area contributed by atoms with Crippen LogP contribution in [0, 0.1) is 5.41 Å². The highest BCUT2D eigenvalue weighted by atomic mass is 16.6. The van der Waals surface area contributed by atoms with Crippen molar-refractivity contribution in [2.24, 2.45) is 12.5 Å². The molecule has 0 aromatic carbocycles. The number of hydrogen-bond donors (Lipinski definition) is 3. The van der Waals surface area contributed by atoms with E-state index in [1.807, 2.05) is 31.7 Å². The summed E-state index contributed by atoms with van der Waals surface area (Å²) in [4.78, 5) is 31.1. The van der Waals surface area contributed by atoms with Crippen molar-refractivity contribution >= 4 is 29.4 Å². The van der Waals surface area contributed by atoms with Crippen LogP contribution in [0.4, 0.5) is 11.8 Å². The topological polar surface area (TPSA) is 185 Å². The van der Waals surface area contributed by atoms with Gasteiger partial charge in [-0.05, 0) is 30.9 Å². The normalized spacial score (nSPS) is 20.9. The van der Waals surface area contributed by atoms with Gasteiger partial charge in [0, 0.05) is 32.8 Å². The molecule has 42 heavy (non-hydrogen) atoms. The number of nitrogens with zero attached hydrogens (tertiary/aromatic N) is 10. The molecular formula is C26H38N12O4. The van der Waals surface area contributed by atoms with Gasteiger partial charge in [-0.3, -0.25) is 9.36 Å². The minimum absolute atomic E-state index is 0.0408. The molecule has 4 atom stereocenters. The number of carbonyl (C=O) groups is 1. The second-order valence-corrected chi connectivity index (χ2v) is 11.9. The smallest absolute Gasteiger partial charge is 0.293 e. The highest BCUT2D eigenvalue weighted by Crippen LogP contribution is 2.40. The SMILES string of the molecule is CC(C)n1nnc([C@H]2O[C@@H](n3cnc4c(NCCC(C)(C)C)nc(NCCc5cn(C)cn5)nc43)[C@H](O)[C@@H]2OC=O)n1. The number of carbonyl (C=O) groups excluding carboxylic acids is 1. The Kier molecular flexibility index (Phi) is 8.36. The predicted octanol–water partition coefficient (Wildman–Crippen LogP) is 1.80. The molecule has 4 aromatic heterocycles. The molecule has 0 radical (unpaired) electrons. The van der Waals surface area contributed by atoms with Gasteiger partial charge in [-0.2, -0.15) is 14.8 Å². The van der Waals surface area contributed by atoms with Crippen molar-refractivity contribution in [1.82, 2.24) is 49.3 Å². The first-order valence-corrected chi connectivity index (χ1v) is 14.0. The van der Waals surface area contributed by atoms with Crippen molar-refractivity contribution in [3.63, 3.8) is 0 Å². The predicted molar refractivity (Wildman–Crippen MR) is 151 cm³/mol. The van der Waals surface area contributed by atoms with Crippen molar-refractivity contribution in [3.05, 3.63) is 30.4 Å². The molecule has 1 aliphatic heterocycles. The highest BCUT2D eigenvalue weighted by molar-refractivity contribution is 5.84. The Morgan fingerprint density at radius 1 is 1.17 bits per heavy atom. The van der Waals surface area contributed by atoms with Gasteiger partial charge in [-0.15, -0.1) is 10.2 Å². The van der Waals surface area contributed by atoms with Gasteiger partial charge in [0.1, 0.15) is 6.10 Å². The third kappa shape index (κ3) is 6.33. The molecule has 16 heteroatoms. The molecule has 16 nitrogen and oxygen atoms in total. The van der Waals surface area contributed by atoms with Gasteiger partial charge < -0.3 is 29.8 Å². The first-order valence-electron chi connectivity index (χ1n) is 14.0. The number of rotatable bonds is 12. The Bertz CT molecular complexity index is 1510. The van der Waals surface area contributed by atoms with Gasteiger partial charge in [0.2, 0.25) is 11.8 Å². The molecular weight excluding hydrogens is 544 g/mol. The lowest BCUT2D eigenvalue weighted by atomic mass is 9.92. The molecule has 4 aromatic rings. The average Bonchev–Trinajstić information content (AvgIpc) is 3.71. The van der Waals surface area contributed by atoms with Crippen molar-refractivity contribution in [3.8, 4) is 0 Å². The lowest BCUT2D eigenvalue weighted by Gasteiger charge is -2.19. The summed E-state index contributed by atoms with van der Waals surface area (Å²) in [5.41, 5.74) is 2.00. The molecule has 1 saturated heterocycles. The van der Waals surface area contributed by atoms with Crippen LogP contribution in [0.25, 0.3) is 11.2 Å². The van der Waals surface area contributed by atoms with Crippen molar-refractivity contribution in [2.45, 2.75) is 78.0 Å². The molecule has 0 saturated carbocycles. The highest BCUT2D eigenvalue weighted by Gasteiger charge is 2.49. The molecule has 1 aliphatic rings. The van der Waals surface area contributed by atoms with Gasteiger partial charge in [0.15, 0.2) is 35.4 Å². The van der Waals surface area contributed by atoms with Crippen LogP contribution in [0.5, 0.6) is 0 Å². The molecule has 5 heterocycles. The van der Waals surface area contributed by atoms with Crippen molar-refractivity contribution < 1.29 is 19.4 Å². The van der Waals surface area contributed by atoms with E-state index in [2.05, 4.69) is 56.8 Å². The second kappa shape index (κ2) is 12.0. The fraction of sp³-hybridized carbons (Fsp3) is 0.615. The summed E-state index contributed by atoms with van der Waals surface area (Å²) >= 11 is 0. The maximum atomic E-state index is 11.4. The number of hydrogen-bond acceptors (Lipinski definition) is 13. The number of aromatic nitrogens is 10. The van der Waals surface area contributed by atoms with E-state index in [9.17, 15) is 9.90 Å². The van der Waals surface area contributed by atoms with E-state index in [0.29, 0.717) is 42.4 Å². The summed E-state index contributed by atoms with van der Waals surface area (Å²) in [5.74, 6) is 1.12. The van der Waals surface area contributed by atoms with Crippen LogP contribution < -0.4 is 10.6 Å². The average molecular weight is 583 g/mol. The summed E-state index contributed by atoms with van der Waals surface area (Å²) in [7, 11) is 1.93. The van der Waals surface area contributed by atoms with Crippen LogP contribution >= 0.6 is 0 Å². The van der Waals surface area contributed by atoms with Crippen LogP contribution in [-0.4, -0.2) is 86.2 Å². The summed E-state index contributed by atoms with van der Waals surface area (Å²) in [6.07, 6.45) is 2.53. The summed E-state index contributed by atoms with van der Waals surface area (Å²) in [6, 6.07) is -0.0408. The van der Waals surface area contributed by atoms with Gasteiger partial charge in [-0.1, -0.05) is 20.8 Å². The maximum Gasteiger partial charge on any atom is 0.293 e. The molecule has 0 unspecified atom stereocenters. The first-order chi connectivity index (χ1) is 20.0. The quantitative estimate of drug-likeness (QED) is 0.206. The monoisotopic (exact) mass is 582 g/mol. The number of imidazole rings is 2. The zero-order chi connectivity index (χ0) is 30.0. The van der Waals surface area contributed by atoms with Gasteiger partial charge in [0.05, 0.1) is 24.4 Å². The fourth-order valence-electron chi connectivity index (χ4n) is 4.63. The van der Waals surface area contributed by atoms with Crippen LogP contribution in [0.1, 0.15) is 70.9 Å². The maximum absolute atomic E-state index is 11.4. The third-order valence-corrected chi connectivity index (χ3v) is 6.87. The summed E-state index contributed by atoms with van der Waals surface area (Å²) in [5, 5.41) is 30.4. The minimum Gasteiger partial charge on any atom is -0.458 e. The van der Waals surface area contributed by atoms with E-state index < -0.39 is 24.5 Å². The molecule has 0 spiro atoms. The Morgan fingerprint density at radius 3 is 2.64 bits per heavy atom. The van der Waals surface area contributed by atoms with Gasteiger partial charge in [-0.25, -0.2) is 9.97 Å².